The number of aliphatic hydroxyl groups is 1. The Balaban J connectivity index is 2.36. The van der Waals surface area contributed by atoms with Crippen LogP contribution in [-0.4, -0.2) is 56.5 Å². The Hall–Kier alpha value is -0.170. The first-order chi connectivity index (χ1) is 8.82. The normalized spacial score (nSPS) is 25.2. The van der Waals surface area contributed by atoms with Gasteiger partial charge in [-0.3, -0.25) is 0 Å². The zero-order chi connectivity index (χ0) is 14.5. The van der Waals surface area contributed by atoms with Crippen molar-refractivity contribution in [3.05, 3.63) is 0 Å². The molecule has 1 fully saturated rings. The van der Waals surface area contributed by atoms with E-state index in [9.17, 15) is 13.5 Å². The van der Waals surface area contributed by atoms with Crippen LogP contribution < -0.4 is 0 Å². The average Bonchev–Trinajstić information content (AvgIpc) is 2.35. The molecule has 114 valence electrons. The summed E-state index contributed by atoms with van der Waals surface area (Å²) in [6.45, 7) is 3.15. The molecule has 0 spiro atoms. The minimum absolute atomic E-state index is 0.161. The predicted octanol–water partition coefficient (Wildman–Crippen LogP) is 1.22. The Morgan fingerprint density at radius 2 is 2.11 bits per heavy atom. The zero-order valence-electron chi connectivity index (χ0n) is 12.2. The van der Waals surface area contributed by atoms with Crippen molar-refractivity contribution in [1.29, 1.82) is 0 Å². The third kappa shape index (κ3) is 6.21. The fourth-order valence-corrected chi connectivity index (χ4v) is 3.51. The van der Waals surface area contributed by atoms with E-state index < -0.39 is 10.0 Å². The predicted molar refractivity (Wildman–Crippen MR) is 75.5 cm³/mol. The van der Waals surface area contributed by atoms with Crippen LogP contribution in [0.15, 0.2) is 0 Å². The smallest absolute Gasteiger partial charge is 0.211 e. The van der Waals surface area contributed by atoms with Gasteiger partial charge in [-0.2, -0.15) is 0 Å². The van der Waals surface area contributed by atoms with Crippen LogP contribution in [0.5, 0.6) is 0 Å². The molecule has 3 unspecified atom stereocenters. The monoisotopic (exact) mass is 293 g/mol. The number of nitrogens with zero attached hydrogens (tertiary/aromatic N) is 1. The summed E-state index contributed by atoms with van der Waals surface area (Å²) >= 11 is 0. The first-order valence-electron chi connectivity index (χ1n) is 6.99. The molecule has 0 radical (unpaired) electrons. The lowest BCUT2D eigenvalue weighted by atomic mass is 9.92. The first kappa shape index (κ1) is 16.9. The first-order valence-corrected chi connectivity index (χ1v) is 8.83. The van der Waals surface area contributed by atoms with Gasteiger partial charge in [-0.15, -0.1) is 0 Å². The second kappa shape index (κ2) is 7.57. The maximum absolute atomic E-state index is 11.5. The molecule has 6 heteroatoms. The highest BCUT2D eigenvalue weighted by Crippen LogP contribution is 2.24. The van der Waals surface area contributed by atoms with Gasteiger partial charge in [-0.1, -0.05) is 0 Å². The van der Waals surface area contributed by atoms with E-state index in [4.69, 9.17) is 4.74 Å². The van der Waals surface area contributed by atoms with Crippen molar-refractivity contribution in [1.82, 2.24) is 4.31 Å². The summed E-state index contributed by atoms with van der Waals surface area (Å²) in [5.74, 6) is 0.274. The summed E-state index contributed by atoms with van der Waals surface area (Å²) in [6.07, 6.45) is 5.18. The van der Waals surface area contributed by atoms with Crippen molar-refractivity contribution >= 4 is 10.0 Å². The molecule has 5 nitrogen and oxygen atoms in total. The number of methoxy groups -OCH3 is 1. The minimum Gasteiger partial charge on any atom is -0.393 e. The van der Waals surface area contributed by atoms with E-state index in [2.05, 4.69) is 0 Å². The van der Waals surface area contributed by atoms with E-state index in [1.807, 2.05) is 6.92 Å². The summed E-state index contributed by atoms with van der Waals surface area (Å²) in [4.78, 5) is 0. The standard InChI is InChI=1S/C13H27NO4S/c1-11(18-2)6-7-13(15)9-12-5-4-8-14(10-12)19(3,16)17/h11-13,15H,4-10H2,1-3H3. The van der Waals surface area contributed by atoms with Crippen LogP contribution in [0.25, 0.3) is 0 Å². The van der Waals surface area contributed by atoms with E-state index in [1.165, 1.54) is 10.6 Å². The molecule has 0 aromatic carbocycles. The zero-order valence-corrected chi connectivity index (χ0v) is 13.0. The van der Waals surface area contributed by atoms with Gasteiger partial charge >= 0.3 is 0 Å². The van der Waals surface area contributed by atoms with Gasteiger partial charge in [0.1, 0.15) is 0 Å². The minimum atomic E-state index is -3.09. The maximum atomic E-state index is 11.5. The van der Waals surface area contributed by atoms with Crippen LogP contribution in [0.4, 0.5) is 0 Å². The Kier molecular flexibility index (Phi) is 6.73. The molecule has 19 heavy (non-hydrogen) atoms. The van der Waals surface area contributed by atoms with Gasteiger partial charge in [0.15, 0.2) is 0 Å². The Morgan fingerprint density at radius 1 is 1.42 bits per heavy atom. The van der Waals surface area contributed by atoms with E-state index in [1.54, 1.807) is 7.11 Å². The second-order valence-electron chi connectivity index (χ2n) is 5.64. The van der Waals surface area contributed by atoms with Crippen LogP contribution in [-0.2, 0) is 14.8 Å². The summed E-state index contributed by atoms with van der Waals surface area (Å²) in [6, 6.07) is 0. The van der Waals surface area contributed by atoms with Crippen LogP contribution in [0.2, 0.25) is 0 Å². The van der Waals surface area contributed by atoms with Gasteiger partial charge in [0.05, 0.1) is 18.5 Å². The number of aliphatic hydroxyl groups excluding tert-OH is 1. The van der Waals surface area contributed by atoms with Crippen LogP contribution >= 0.6 is 0 Å². The molecule has 0 bridgehead atoms. The van der Waals surface area contributed by atoms with Crippen molar-refractivity contribution in [3.8, 4) is 0 Å². The number of ether oxygens (including phenoxy) is 1. The lowest BCUT2D eigenvalue weighted by molar-refractivity contribution is 0.0712. The van der Waals surface area contributed by atoms with Crippen molar-refractivity contribution in [2.24, 2.45) is 5.92 Å². The Labute approximate surface area is 117 Å². The number of hydrogen-bond donors (Lipinski definition) is 1. The summed E-state index contributed by atoms with van der Waals surface area (Å²) < 4.78 is 29.7. The molecule has 1 saturated heterocycles. The SMILES string of the molecule is COC(C)CCC(O)CC1CCCN(S(C)(=O)=O)C1. The van der Waals surface area contributed by atoms with Gasteiger partial charge in [0.2, 0.25) is 10.0 Å². The van der Waals surface area contributed by atoms with E-state index in [0.717, 1.165) is 19.3 Å². The molecule has 0 amide bonds. The van der Waals surface area contributed by atoms with Gasteiger partial charge < -0.3 is 9.84 Å². The number of sulfonamides is 1. The Morgan fingerprint density at radius 3 is 2.68 bits per heavy atom. The largest absolute Gasteiger partial charge is 0.393 e. The van der Waals surface area contributed by atoms with Crippen molar-refractivity contribution in [2.75, 3.05) is 26.5 Å². The van der Waals surface area contributed by atoms with E-state index in [-0.39, 0.29) is 18.1 Å². The molecule has 0 aromatic rings. The van der Waals surface area contributed by atoms with Crippen LogP contribution in [0.3, 0.4) is 0 Å². The van der Waals surface area contributed by atoms with Gasteiger partial charge in [0.25, 0.3) is 0 Å². The third-order valence-electron chi connectivity index (χ3n) is 3.86. The molecule has 1 aliphatic heterocycles. The lowest BCUT2D eigenvalue weighted by Gasteiger charge is -2.32. The molecular weight excluding hydrogens is 266 g/mol. The van der Waals surface area contributed by atoms with Gasteiger partial charge in [-0.05, 0) is 44.9 Å². The van der Waals surface area contributed by atoms with E-state index in [0.29, 0.717) is 25.9 Å². The molecule has 3 atom stereocenters. The van der Waals surface area contributed by atoms with Crippen molar-refractivity contribution < 1.29 is 18.3 Å². The van der Waals surface area contributed by atoms with E-state index >= 15 is 0 Å². The molecule has 0 saturated carbocycles. The fraction of sp³-hybridized carbons (Fsp3) is 1.00. The second-order valence-corrected chi connectivity index (χ2v) is 7.62. The van der Waals surface area contributed by atoms with Gasteiger partial charge in [0, 0.05) is 20.2 Å². The molecule has 0 aromatic heterocycles. The third-order valence-corrected chi connectivity index (χ3v) is 5.13. The number of rotatable bonds is 7. The van der Waals surface area contributed by atoms with Crippen LogP contribution in [0, 0.1) is 5.92 Å². The summed E-state index contributed by atoms with van der Waals surface area (Å²) in [5.41, 5.74) is 0. The number of piperidine rings is 1. The fourth-order valence-electron chi connectivity index (χ4n) is 2.57. The molecule has 1 heterocycles. The topological polar surface area (TPSA) is 66.8 Å². The summed E-state index contributed by atoms with van der Waals surface area (Å²) in [7, 11) is -1.42. The highest BCUT2D eigenvalue weighted by Gasteiger charge is 2.27. The van der Waals surface area contributed by atoms with Crippen molar-refractivity contribution in [2.45, 2.75) is 51.2 Å². The van der Waals surface area contributed by atoms with Crippen LogP contribution in [0.1, 0.15) is 39.0 Å². The number of hydrogen-bond acceptors (Lipinski definition) is 4. The van der Waals surface area contributed by atoms with Gasteiger partial charge in [-0.25, -0.2) is 12.7 Å². The highest BCUT2D eigenvalue weighted by atomic mass is 32.2. The molecule has 0 aliphatic carbocycles. The summed E-state index contributed by atoms with van der Waals surface area (Å²) in [5, 5.41) is 10.0. The van der Waals surface area contributed by atoms with Crippen molar-refractivity contribution in [3.63, 3.8) is 0 Å². The lowest BCUT2D eigenvalue weighted by Crippen LogP contribution is -2.40. The quantitative estimate of drug-likeness (QED) is 0.766. The highest BCUT2D eigenvalue weighted by molar-refractivity contribution is 7.88. The molecule has 1 rings (SSSR count). The maximum Gasteiger partial charge on any atom is 0.211 e. The molecule has 1 N–H and O–H groups in total. The Bertz CT molecular complexity index is 358. The molecular formula is C13H27NO4S. The molecule has 1 aliphatic rings. The average molecular weight is 293 g/mol.